The van der Waals surface area contributed by atoms with Crippen molar-refractivity contribution in [3.05, 3.63) is 0 Å². The van der Waals surface area contributed by atoms with Crippen molar-refractivity contribution < 1.29 is 12.4 Å². The maximum absolute atomic E-state index is 3.88. The van der Waals surface area contributed by atoms with Crippen LogP contribution in [-0.2, 0) is 0 Å². The average Bonchev–Trinajstić information content (AvgIpc) is 2.63. The maximum atomic E-state index is 3.88. The van der Waals surface area contributed by atoms with Gasteiger partial charge < -0.3 is 17.7 Å². The van der Waals surface area contributed by atoms with E-state index in [0.29, 0.717) is 4.87 Å². The van der Waals surface area contributed by atoms with Crippen molar-refractivity contribution in [1.29, 1.82) is 0 Å². The summed E-state index contributed by atoms with van der Waals surface area (Å²) in [5.74, 6) is 5.66. The Morgan fingerprint density at radius 2 is 1.53 bits per heavy atom. The molecule has 4 saturated carbocycles. The molecule has 1 aliphatic heterocycles. The Bertz CT molecular complexity index is 232. The lowest BCUT2D eigenvalue weighted by Gasteiger charge is -2.59. The first-order valence-corrected chi connectivity index (χ1v) is 7.24. The average molecular weight is 245 g/mol. The molecule has 15 heavy (non-hydrogen) atoms. The molecule has 1 saturated heterocycles. The minimum Gasteiger partial charge on any atom is -1.00 e. The molecular formula is C12H19ClNS-. The Morgan fingerprint density at radius 3 is 2.00 bits per heavy atom. The Kier molecular flexibility index (Phi) is 2.54. The van der Waals surface area contributed by atoms with Crippen LogP contribution in [0.25, 0.3) is 0 Å². The fourth-order valence-electron chi connectivity index (χ4n) is 4.93. The lowest BCUT2D eigenvalue weighted by Crippen LogP contribution is -3.00. The monoisotopic (exact) mass is 244 g/mol. The Morgan fingerprint density at radius 1 is 0.933 bits per heavy atom. The van der Waals surface area contributed by atoms with Gasteiger partial charge in [0.1, 0.15) is 0 Å². The van der Waals surface area contributed by atoms with Gasteiger partial charge in [-0.25, -0.2) is 0 Å². The Balaban J connectivity index is 0.000000722. The second-order valence-corrected chi connectivity index (χ2v) is 7.25. The van der Waals surface area contributed by atoms with Crippen LogP contribution in [0, 0.1) is 23.7 Å². The van der Waals surface area contributed by atoms with Crippen molar-refractivity contribution in [2.75, 3.05) is 12.3 Å². The van der Waals surface area contributed by atoms with Gasteiger partial charge in [-0.2, -0.15) is 0 Å². The number of rotatable bonds is 0. The van der Waals surface area contributed by atoms with Gasteiger partial charge in [-0.3, -0.25) is 0 Å². The molecule has 1 heterocycles. The first-order valence-electron chi connectivity index (χ1n) is 6.26. The fraction of sp³-hybridized carbons (Fsp3) is 1.00. The Labute approximate surface area is 103 Å². The number of hydrogen-bond acceptors (Lipinski definition) is 2. The molecule has 0 aromatic rings. The zero-order valence-corrected chi connectivity index (χ0v) is 10.6. The minimum atomic E-state index is 0. The maximum Gasteiger partial charge on any atom is 0.0703 e. The number of hydrogen-bond donors (Lipinski definition) is 1. The molecular weight excluding hydrogens is 226 g/mol. The molecule has 0 aromatic heterocycles. The van der Waals surface area contributed by atoms with Crippen LogP contribution < -0.4 is 17.7 Å². The van der Waals surface area contributed by atoms with Gasteiger partial charge in [-0.05, 0) is 55.8 Å². The molecule has 3 heteroatoms. The first-order chi connectivity index (χ1) is 6.87. The van der Waals surface area contributed by atoms with Crippen LogP contribution in [-0.4, -0.2) is 17.2 Å². The summed E-state index contributed by atoms with van der Waals surface area (Å²) < 4.78 is 0. The molecule has 0 unspecified atom stereocenters. The van der Waals surface area contributed by atoms with Gasteiger partial charge in [0.15, 0.2) is 0 Å². The molecule has 0 aromatic carbocycles. The third-order valence-corrected chi connectivity index (χ3v) is 6.89. The second-order valence-electron chi connectivity index (χ2n) is 5.87. The molecule has 0 atom stereocenters. The van der Waals surface area contributed by atoms with Crippen LogP contribution in [0.2, 0.25) is 0 Å². The van der Waals surface area contributed by atoms with E-state index in [1.807, 2.05) is 0 Å². The van der Waals surface area contributed by atoms with Crippen LogP contribution >= 0.6 is 11.8 Å². The molecule has 0 radical (unpaired) electrons. The van der Waals surface area contributed by atoms with Crippen LogP contribution in [0.4, 0.5) is 0 Å². The molecule has 86 valence electrons. The van der Waals surface area contributed by atoms with Gasteiger partial charge in [0.25, 0.3) is 0 Å². The molecule has 5 fully saturated rings. The molecule has 4 aliphatic carbocycles. The summed E-state index contributed by atoms with van der Waals surface area (Å²) in [5, 5.41) is 3.88. The van der Waals surface area contributed by atoms with Gasteiger partial charge in [0.05, 0.1) is 4.87 Å². The highest BCUT2D eigenvalue weighted by molar-refractivity contribution is 8.00. The third-order valence-electron chi connectivity index (χ3n) is 5.20. The van der Waals surface area contributed by atoms with Crippen LogP contribution in [0.1, 0.15) is 32.1 Å². The van der Waals surface area contributed by atoms with Gasteiger partial charge in [0.2, 0.25) is 0 Å². The van der Waals surface area contributed by atoms with E-state index in [2.05, 4.69) is 17.1 Å². The lowest BCUT2D eigenvalue weighted by molar-refractivity contribution is -0.0261. The van der Waals surface area contributed by atoms with E-state index >= 15 is 0 Å². The molecule has 4 bridgehead atoms. The van der Waals surface area contributed by atoms with E-state index in [1.54, 1.807) is 32.1 Å². The molecule has 1 spiro atoms. The molecule has 1 nitrogen and oxygen atoms in total. The molecule has 1 N–H and O–H groups in total. The number of nitrogens with one attached hydrogen (secondary N) is 1. The summed E-state index contributed by atoms with van der Waals surface area (Å²) in [6, 6.07) is 0. The smallest absolute Gasteiger partial charge is 0.0703 e. The molecule has 5 rings (SSSR count). The lowest BCUT2D eigenvalue weighted by atomic mass is 9.54. The van der Waals surface area contributed by atoms with E-state index < -0.39 is 0 Å². The standard InChI is InChI=1S/C12H19NS.ClH/c1-2-14-12(13-1)10-4-8-3-9(6-10)7-11(12)5-8;/h8-11,13H,1-7H2;1H/p-1. The van der Waals surface area contributed by atoms with Gasteiger partial charge >= 0.3 is 0 Å². The van der Waals surface area contributed by atoms with E-state index in [0.717, 1.165) is 23.7 Å². The summed E-state index contributed by atoms with van der Waals surface area (Å²) in [4.78, 5) is 0.563. The zero-order chi connectivity index (χ0) is 9.17. The normalized spacial score (nSPS) is 56.0. The van der Waals surface area contributed by atoms with Gasteiger partial charge in [-0.15, -0.1) is 11.8 Å². The highest BCUT2D eigenvalue weighted by atomic mass is 35.5. The van der Waals surface area contributed by atoms with Crippen LogP contribution in [0.3, 0.4) is 0 Å². The van der Waals surface area contributed by atoms with Gasteiger partial charge in [-0.1, -0.05) is 0 Å². The van der Waals surface area contributed by atoms with Crippen molar-refractivity contribution in [1.82, 2.24) is 5.32 Å². The van der Waals surface area contributed by atoms with Crippen molar-refractivity contribution in [3.63, 3.8) is 0 Å². The van der Waals surface area contributed by atoms with Crippen molar-refractivity contribution in [2.24, 2.45) is 23.7 Å². The number of thioether (sulfide) groups is 1. The summed E-state index contributed by atoms with van der Waals surface area (Å²) in [6.07, 6.45) is 7.77. The van der Waals surface area contributed by atoms with E-state index in [9.17, 15) is 0 Å². The Hall–Kier alpha value is 0.600. The summed E-state index contributed by atoms with van der Waals surface area (Å²) >= 11 is 2.27. The van der Waals surface area contributed by atoms with Crippen molar-refractivity contribution in [3.8, 4) is 0 Å². The zero-order valence-electron chi connectivity index (χ0n) is 9.05. The topological polar surface area (TPSA) is 12.0 Å². The summed E-state index contributed by atoms with van der Waals surface area (Å²) in [7, 11) is 0. The molecule has 0 amide bonds. The quantitative estimate of drug-likeness (QED) is 0.616. The second kappa shape index (κ2) is 3.54. The van der Waals surface area contributed by atoms with Crippen molar-refractivity contribution >= 4 is 11.8 Å². The first kappa shape index (κ1) is 10.7. The third kappa shape index (κ3) is 1.34. The minimum absolute atomic E-state index is 0. The molecule has 5 aliphatic rings. The predicted molar refractivity (Wildman–Crippen MR) is 60.2 cm³/mol. The van der Waals surface area contributed by atoms with E-state index in [4.69, 9.17) is 0 Å². The highest BCUT2D eigenvalue weighted by Gasteiger charge is 2.58. The fourth-order valence-corrected chi connectivity index (χ4v) is 6.53. The highest BCUT2D eigenvalue weighted by Crippen LogP contribution is 2.62. The van der Waals surface area contributed by atoms with E-state index in [1.165, 1.54) is 12.3 Å². The van der Waals surface area contributed by atoms with Crippen molar-refractivity contribution in [2.45, 2.75) is 37.0 Å². The predicted octanol–water partition coefficient (Wildman–Crippen LogP) is -0.521. The SMILES string of the molecule is C1CSC2(N1)C1CC3CC(C1)CC2C3.[Cl-]. The number of halogens is 1. The largest absolute Gasteiger partial charge is 1.00 e. The van der Waals surface area contributed by atoms with Gasteiger partial charge in [0, 0.05) is 12.3 Å². The summed E-state index contributed by atoms with van der Waals surface area (Å²) in [6.45, 7) is 1.27. The van der Waals surface area contributed by atoms with Crippen LogP contribution in [0.5, 0.6) is 0 Å². The van der Waals surface area contributed by atoms with Crippen LogP contribution in [0.15, 0.2) is 0 Å². The summed E-state index contributed by atoms with van der Waals surface area (Å²) in [5.41, 5.74) is 0. The van der Waals surface area contributed by atoms with E-state index in [-0.39, 0.29) is 12.4 Å².